The van der Waals surface area contributed by atoms with Crippen LogP contribution in [0.3, 0.4) is 0 Å². The molecular formula is C18H20N2S. The molecule has 0 unspecified atom stereocenters. The van der Waals surface area contributed by atoms with E-state index in [1.165, 1.54) is 27.5 Å². The van der Waals surface area contributed by atoms with Crippen molar-refractivity contribution in [3.8, 4) is 5.69 Å². The second-order valence-electron chi connectivity index (χ2n) is 5.25. The van der Waals surface area contributed by atoms with E-state index >= 15 is 0 Å². The first-order valence-corrected chi connectivity index (χ1v) is 8.10. The molecular weight excluding hydrogens is 276 g/mol. The van der Waals surface area contributed by atoms with Crippen LogP contribution in [-0.4, -0.2) is 4.57 Å². The van der Waals surface area contributed by atoms with Crippen LogP contribution in [0.5, 0.6) is 0 Å². The Labute approximate surface area is 130 Å². The van der Waals surface area contributed by atoms with Crippen LogP contribution in [0.25, 0.3) is 5.69 Å². The van der Waals surface area contributed by atoms with E-state index in [1.54, 1.807) is 11.3 Å². The van der Waals surface area contributed by atoms with Gasteiger partial charge in [0.2, 0.25) is 0 Å². The number of benzene rings is 1. The van der Waals surface area contributed by atoms with Crippen molar-refractivity contribution in [2.75, 3.05) is 0 Å². The predicted molar refractivity (Wildman–Crippen MR) is 90.1 cm³/mol. The molecule has 0 atom stereocenters. The van der Waals surface area contributed by atoms with Gasteiger partial charge in [-0.1, -0.05) is 24.3 Å². The molecule has 2 aromatic heterocycles. The molecule has 3 rings (SSSR count). The van der Waals surface area contributed by atoms with Gasteiger partial charge >= 0.3 is 0 Å². The molecule has 21 heavy (non-hydrogen) atoms. The van der Waals surface area contributed by atoms with Crippen LogP contribution in [-0.2, 0) is 13.1 Å². The van der Waals surface area contributed by atoms with Gasteiger partial charge in [0.15, 0.2) is 0 Å². The lowest BCUT2D eigenvalue weighted by Gasteiger charge is -2.10. The van der Waals surface area contributed by atoms with Gasteiger partial charge in [-0.15, -0.1) is 11.3 Å². The number of nitrogens with zero attached hydrogens (tertiary/aromatic N) is 1. The van der Waals surface area contributed by atoms with Gasteiger partial charge in [0.1, 0.15) is 0 Å². The first kappa shape index (κ1) is 14.1. The monoisotopic (exact) mass is 296 g/mol. The van der Waals surface area contributed by atoms with Crippen molar-refractivity contribution >= 4 is 11.3 Å². The van der Waals surface area contributed by atoms with Crippen molar-refractivity contribution in [3.63, 3.8) is 0 Å². The molecule has 0 radical (unpaired) electrons. The minimum absolute atomic E-state index is 0.907. The molecule has 1 aromatic carbocycles. The number of hydrogen-bond acceptors (Lipinski definition) is 2. The molecule has 0 spiro atoms. The maximum atomic E-state index is 3.53. The summed E-state index contributed by atoms with van der Waals surface area (Å²) in [5, 5.41) is 5.66. The molecule has 108 valence electrons. The quantitative estimate of drug-likeness (QED) is 0.736. The highest BCUT2D eigenvalue weighted by molar-refractivity contribution is 7.09. The van der Waals surface area contributed by atoms with Gasteiger partial charge in [-0.2, -0.15) is 0 Å². The maximum Gasteiger partial charge on any atom is 0.0455 e. The van der Waals surface area contributed by atoms with Crippen LogP contribution in [0.15, 0.2) is 53.9 Å². The van der Waals surface area contributed by atoms with Gasteiger partial charge in [0.25, 0.3) is 0 Å². The Bertz CT molecular complexity index is 696. The second-order valence-corrected chi connectivity index (χ2v) is 6.28. The van der Waals surface area contributed by atoms with Gasteiger partial charge in [0.05, 0.1) is 0 Å². The number of rotatable bonds is 5. The number of para-hydroxylation sites is 1. The van der Waals surface area contributed by atoms with E-state index in [4.69, 9.17) is 0 Å². The number of aromatic nitrogens is 1. The van der Waals surface area contributed by atoms with Crippen molar-refractivity contribution in [1.29, 1.82) is 0 Å². The summed E-state index contributed by atoms with van der Waals surface area (Å²) in [6.45, 7) is 6.21. The molecule has 0 saturated heterocycles. The molecule has 0 amide bonds. The Morgan fingerprint density at radius 1 is 1.00 bits per heavy atom. The first-order chi connectivity index (χ1) is 10.3. The molecule has 0 aliphatic rings. The number of thiophene rings is 1. The second kappa shape index (κ2) is 6.29. The van der Waals surface area contributed by atoms with Crippen molar-refractivity contribution < 1.29 is 0 Å². The zero-order valence-electron chi connectivity index (χ0n) is 12.5. The molecule has 0 bridgehead atoms. The SMILES string of the molecule is Cc1cc(CNCc2cccs2)c(C)n1-c1ccccc1. The normalized spacial score (nSPS) is 11.0. The number of nitrogens with one attached hydrogen (secondary N) is 1. The molecule has 0 fully saturated rings. The Morgan fingerprint density at radius 2 is 1.81 bits per heavy atom. The first-order valence-electron chi connectivity index (χ1n) is 7.22. The summed E-state index contributed by atoms with van der Waals surface area (Å²) in [5.74, 6) is 0. The van der Waals surface area contributed by atoms with E-state index in [2.05, 4.69) is 77.6 Å². The minimum Gasteiger partial charge on any atom is -0.318 e. The van der Waals surface area contributed by atoms with Crippen LogP contribution in [0.4, 0.5) is 0 Å². The standard InChI is InChI=1S/C18H20N2S/c1-14-11-16(12-19-13-18-9-6-10-21-18)15(2)20(14)17-7-4-3-5-8-17/h3-11,19H,12-13H2,1-2H3. The summed E-state index contributed by atoms with van der Waals surface area (Å²) < 4.78 is 2.32. The molecule has 0 aliphatic carbocycles. The lowest BCUT2D eigenvalue weighted by molar-refractivity contribution is 0.697. The van der Waals surface area contributed by atoms with Crippen molar-refractivity contribution in [2.45, 2.75) is 26.9 Å². The average molecular weight is 296 g/mol. The molecule has 3 heteroatoms. The lowest BCUT2D eigenvalue weighted by atomic mass is 10.2. The molecule has 3 aromatic rings. The summed E-state index contributed by atoms with van der Waals surface area (Å²) in [4.78, 5) is 1.38. The van der Waals surface area contributed by atoms with E-state index in [0.717, 1.165) is 13.1 Å². The molecule has 2 nitrogen and oxygen atoms in total. The molecule has 2 heterocycles. The highest BCUT2D eigenvalue weighted by Crippen LogP contribution is 2.20. The summed E-state index contributed by atoms with van der Waals surface area (Å²) in [7, 11) is 0. The van der Waals surface area contributed by atoms with Gasteiger partial charge in [-0.05, 0) is 49.1 Å². The van der Waals surface area contributed by atoms with Gasteiger partial charge in [-0.3, -0.25) is 0 Å². The van der Waals surface area contributed by atoms with Gasteiger partial charge < -0.3 is 9.88 Å². The fourth-order valence-corrected chi connectivity index (χ4v) is 3.39. The molecule has 0 saturated carbocycles. The minimum atomic E-state index is 0.907. The number of aryl methyl sites for hydroxylation is 1. The zero-order chi connectivity index (χ0) is 14.7. The Balaban J connectivity index is 1.75. The van der Waals surface area contributed by atoms with E-state index < -0.39 is 0 Å². The van der Waals surface area contributed by atoms with E-state index in [-0.39, 0.29) is 0 Å². The van der Waals surface area contributed by atoms with Crippen LogP contribution >= 0.6 is 11.3 Å². The molecule has 1 N–H and O–H groups in total. The summed E-state index contributed by atoms with van der Waals surface area (Å²) in [5.41, 5.74) is 5.20. The summed E-state index contributed by atoms with van der Waals surface area (Å²) >= 11 is 1.80. The highest BCUT2D eigenvalue weighted by atomic mass is 32.1. The Hall–Kier alpha value is -1.84. The number of hydrogen-bond donors (Lipinski definition) is 1. The zero-order valence-corrected chi connectivity index (χ0v) is 13.3. The topological polar surface area (TPSA) is 17.0 Å². The molecule has 0 aliphatic heterocycles. The van der Waals surface area contributed by atoms with E-state index in [0.29, 0.717) is 0 Å². The van der Waals surface area contributed by atoms with Gasteiger partial charge in [0, 0.05) is 35.0 Å². The smallest absolute Gasteiger partial charge is 0.0455 e. The van der Waals surface area contributed by atoms with Crippen molar-refractivity contribution in [3.05, 3.63) is 75.7 Å². The maximum absolute atomic E-state index is 3.53. The van der Waals surface area contributed by atoms with E-state index in [1.807, 2.05) is 0 Å². The predicted octanol–water partition coefficient (Wildman–Crippen LogP) is 4.45. The van der Waals surface area contributed by atoms with E-state index in [9.17, 15) is 0 Å². The van der Waals surface area contributed by atoms with Crippen molar-refractivity contribution in [1.82, 2.24) is 9.88 Å². The lowest BCUT2D eigenvalue weighted by Crippen LogP contribution is -2.12. The summed E-state index contributed by atoms with van der Waals surface area (Å²) in [6, 6.07) is 17.1. The van der Waals surface area contributed by atoms with Gasteiger partial charge in [-0.25, -0.2) is 0 Å². The largest absolute Gasteiger partial charge is 0.318 e. The van der Waals surface area contributed by atoms with Crippen LogP contribution in [0.1, 0.15) is 21.8 Å². The Morgan fingerprint density at radius 3 is 2.52 bits per heavy atom. The third-order valence-corrected chi connectivity index (χ3v) is 4.62. The third kappa shape index (κ3) is 3.09. The third-order valence-electron chi connectivity index (χ3n) is 3.75. The fraction of sp³-hybridized carbons (Fsp3) is 0.222. The Kier molecular flexibility index (Phi) is 4.23. The fourth-order valence-electron chi connectivity index (χ4n) is 2.72. The highest BCUT2D eigenvalue weighted by Gasteiger charge is 2.10. The average Bonchev–Trinajstić information content (AvgIpc) is 3.09. The van der Waals surface area contributed by atoms with Crippen LogP contribution < -0.4 is 5.32 Å². The van der Waals surface area contributed by atoms with Crippen LogP contribution in [0.2, 0.25) is 0 Å². The summed E-state index contributed by atoms with van der Waals surface area (Å²) in [6.07, 6.45) is 0. The van der Waals surface area contributed by atoms with Crippen molar-refractivity contribution in [2.24, 2.45) is 0 Å². The van der Waals surface area contributed by atoms with Crippen LogP contribution in [0, 0.1) is 13.8 Å².